The van der Waals surface area contributed by atoms with Gasteiger partial charge in [-0.3, -0.25) is 19.2 Å². The third-order valence-electron chi connectivity index (χ3n) is 7.93. The molecule has 14 nitrogen and oxygen atoms in total. The van der Waals surface area contributed by atoms with Crippen LogP contribution in [-0.4, -0.2) is 113 Å². The summed E-state index contributed by atoms with van der Waals surface area (Å²) in [7, 11) is 1.67. The van der Waals surface area contributed by atoms with Crippen LogP contribution in [0.25, 0.3) is 0 Å². The molecule has 0 fully saturated rings. The molecule has 276 valence electrons. The summed E-state index contributed by atoms with van der Waals surface area (Å²) < 4.78 is 5.24. The fraction of sp³-hybridized carbons (Fsp3) is 0.879. The molecule has 2 atom stereocenters. The Kier molecular flexibility index (Phi) is 30.6. The lowest BCUT2D eigenvalue weighted by atomic mass is 10.1. The molecule has 0 saturated carbocycles. The van der Waals surface area contributed by atoms with Crippen LogP contribution in [0.15, 0.2) is 0 Å². The van der Waals surface area contributed by atoms with Gasteiger partial charge in [0.2, 0.25) is 23.6 Å². The number of nitrogens with one attached hydrogen (secondary N) is 4. The first kappa shape index (κ1) is 44.6. The summed E-state index contributed by atoms with van der Waals surface area (Å²) in [5.74, 6) is -0.195. The van der Waals surface area contributed by atoms with E-state index >= 15 is 0 Å². The number of carbonyl (C=O) groups is 4. The van der Waals surface area contributed by atoms with Gasteiger partial charge in [0, 0.05) is 52.7 Å². The highest BCUT2D eigenvalue weighted by Gasteiger charge is 2.14. The van der Waals surface area contributed by atoms with Crippen LogP contribution in [-0.2, 0) is 23.9 Å². The van der Waals surface area contributed by atoms with Crippen molar-refractivity contribution in [3.8, 4) is 0 Å². The molecule has 12 N–H and O–H groups in total. The highest BCUT2D eigenvalue weighted by Crippen LogP contribution is 2.03. The lowest BCUT2D eigenvalue weighted by Crippen LogP contribution is -2.42. The molecule has 0 radical (unpaired) electrons. The number of amides is 4. The van der Waals surface area contributed by atoms with Crippen molar-refractivity contribution >= 4 is 23.6 Å². The number of methoxy groups -OCH3 is 1. The molecule has 0 saturated heterocycles. The zero-order valence-corrected chi connectivity index (χ0v) is 29.3. The van der Waals surface area contributed by atoms with Crippen molar-refractivity contribution in [3.05, 3.63) is 0 Å². The lowest BCUT2D eigenvalue weighted by Gasteiger charge is -2.22. The number of unbranched alkanes of at least 4 members (excludes halogenated alkanes) is 6. The van der Waals surface area contributed by atoms with Gasteiger partial charge >= 0.3 is 0 Å². The second kappa shape index (κ2) is 32.2. The van der Waals surface area contributed by atoms with Crippen LogP contribution >= 0.6 is 0 Å². The third-order valence-corrected chi connectivity index (χ3v) is 7.93. The van der Waals surface area contributed by atoms with E-state index in [9.17, 15) is 19.2 Å². The molecule has 0 unspecified atom stereocenters. The molecule has 4 amide bonds. The number of nitrogens with two attached hydrogens (primary N) is 4. The van der Waals surface area contributed by atoms with E-state index in [1.165, 1.54) is 0 Å². The van der Waals surface area contributed by atoms with E-state index in [0.29, 0.717) is 71.6 Å². The SMILES string of the molecule is COCCN(CCCNC(=O)[C@@H](N)CCCCNC(=O)CCCCCN)CCCNC(=O)[C@@H](N)CCCCNC(=O)CCCCCN. The minimum Gasteiger partial charge on any atom is -0.383 e. The molecule has 0 aromatic rings. The van der Waals surface area contributed by atoms with Gasteiger partial charge in [0.25, 0.3) is 0 Å². The molecular weight excluding hydrogens is 602 g/mol. The number of carbonyl (C=O) groups excluding carboxylic acids is 4. The first-order valence-corrected chi connectivity index (χ1v) is 18.0. The molecule has 0 aromatic heterocycles. The first-order valence-electron chi connectivity index (χ1n) is 18.0. The second-order valence-corrected chi connectivity index (χ2v) is 12.2. The Balaban J connectivity index is 4.01. The van der Waals surface area contributed by atoms with Crippen LogP contribution in [0.5, 0.6) is 0 Å². The van der Waals surface area contributed by atoms with Crippen molar-refractivity contribution in [2.75, 3.05) is 72.6 Å². The number of ether oxygens (including phenoxy) is 1. The molecule has 0 bridgehead atoms. The fourth-order valence-corrected chi connectivity index (χ4v) is 4.93. The Bertz CT molecular complexity index is 746. The molecule has 0 rings (SSSR count). The van der Waals surface area contributed by atoms with Gasteiger partial charge in [-0.05, 0) is 103 Å². The monoisotopic (exact) mass is 672 g/mol. The largest absolute Gasteiger partial charge is 0.383 e. The summed E-state index contributed by atoms with van der Waals surface area (Å²) in [6, 6.07) is -1.13. The van der Waals surface area contributed by atoms with Gasteiger partial charge in [-0.2, -0.15) is 0 Å². The van der Waals surface area contributed by atoms with Crippen LogP contribution in [0.2, 0.25) is 0 Å². The zero-order chi connectivity index (χ0) is 35.0. The number of hydrogen-bond acceptors (Lipinski definition) is 10. The molecule has 0 spiro atoms. The standard InChI is InChI=1S/C33H69N9O5/c1-47-27-26-42(24-12-22-40-32(45)28(36)14-6-10-20-38-30(43)16-4-2-8-18-34)25-13-23-41-33(46)29(37)15-7-11-21-39-31(44)17-5-3-9-19-35/h28-29H,2-27,34-37H2,1H3,(H,38,43)(H,39,44)(H,40,45)(H,41,46)/t28-,29-/m0/s1. The normalized spacial score (nSPS) is 12.5. The highest BCUT2D eigenvalue weighted by atomic mass is 16.5. The highest BCUT2D eigenvalue weighted by molar-refractivity contribution is 5.81. The van der Waals surface area contributed by atoms with Gasteiger partial charge in [-0.1, -0.05) is 12.8 Å². The minimum absolute atomic E-state index is 0.0597. The summed E-state index contributed by atoms with van der Waals surface area (Å²) >= 11 is 0. The van der Waals surface area contributed by atoms with Gasteiger partial charge in [-0.25, -0.2) is 0 Å². The molecular formula is C33H69N9O5. The average Bonchev–Trinajstić information content (AvgIpc) is 3.06. The molecule has 0 heterocycles. The van der Waals surface area contributed by atoms with Crippen LogP contribution < -0.4 is 44.2 Å². The van der Waals surface area contributed by atoms with Crippen LogP contribution in [0.1, 0.15) is 103 Å². The van der Waals surface area contributed by atoms with Crippen molar-refractivity contribution in [2.45, 2.75) is 115 Å². The van der Waals surface area contributed by atoms with Crippen molar-refractivity contribution in [3.63, 3.8) is 0 Å². The topological polar surface area (TPSA) is 233 Å². The van der Waals surface area contributed by atoms with Crippen molar-refractivity contribution in [1.82, 2.24) is 26.2 Å². The van der Waals surface area contributed by atoms with Gasteiger partial charge < -0.3 is 53.8 Å². The third kappa shape index (κ3) is 28.4. The Hall–Kier alpha value is -2.36. The molecule has 14 heteroatoms. The first-order chi connectivity index (χ1) is 22.7. The average molecular weight is 672 g/mol. The van der Waals surface area contributed by atoms with Crippen LogP contribution in [0.4, 0.5) is 0 Å². The predicted octanol–water partition coefficient (Wildman–Crippen LogP) is 0.213. The molecule has 0 aliphatic heterocycles. The van der Waals surface area contributed by atoms with Crippen molar-refractivity contribution < 1.29 is 23.9 Å². The molecule has 0 aromatic carbocycles. The second-order valence-electron chi connectivity index (χ2n) is 12.2. The van der Waals surface area contributed by atoms with E-state index in [2.05, 4.69) is 26.2 Å². The maximum atomic E-state index is 12.4. The Labute approximate surface area is 283 Å². The zero-order valence-electron chi connectivity index (χ0n) is 29.3. The number of hydrogen-bond donors (Lipinski definition) is 8. The quantitative estimate of drug-likeness (QED) is 0.0442. The van der Waals surface area contributed by atoms with Crippen LogP contribution in [0.3, 0.4) is 0 Å². The van der Waals surface area contributed by atoms with E-state index in [-0.39, 0.29) is 23.6 Å². The van der Waals surface area contributed by atoms with Gasteiger partial charge in [0.15, 0.2) is 0 Å². The van der Waals surface area contributed by atoms with E-state index in [4.69, 9.17) is 27.7 Å². The predicted molar refractivity (Wildman–Crippen MR) is 188 cm³/mol. The van der Waals surface area contributed by atoms with E-state index in [0.717, 1.165) is 96.7 Å². The van der Waals surface area contributed by atoms with E-state index < -0.39 is 12.1 Å². The summed E-state index contributed by atoms with van der Waals surface area (Å²) in [4.78, 5) is 50.7. The maximum absolute atomic E-state index is 12.4. The smallest absolute Gasteiger partial charge is 0.236 e. The maximum Gasteiger partial charge on any atom is 0.236 e. The Morgan fingerprint density at radius 3 is 1.38 bits per heavy atom. The Morgan fingerprint density at radius 1 is 0.553 bits per heavy atom. The van der Waals surface area contributed by atoms with E-state index in [1.807, 2.05) is 0 Å². The van der Waals surface area contributed by atoms with Crippen molar-refractivity contribution in [1.29, 1.82) is 0 Å². The summed E-state index contributed by atoms with van der Waals surface area (Å²) in [6.07, 6.45) is 12.4. The summed E-state index contributed by atoms with van der Waals surface area (Å²) in [5, 5.41) is 11.7. The Morgan fingerprint density at radius 2 is 0.979 bits per heavy atom. The number of nitrogens with zero attached hydrogens (tertiary/aromatic N) is 1. The van der Waals surface area contributed by atoms with Gasteiger partial charge in [-0.15, -0.1) is 0 Å². The van der Waals surface area contributed by atoms with Gasteiger partial charge in [0.05, 0.1) is 18.7 Å². The molecule has 0 aliphatic rings. The van der Waals surface area contributed by atoms with Crippen molar-refractivity contribution in [2.24, 2.45) is 22.9 Å². The van der Waals surface area contributed by atoms with E-state index in [1.54, 1.807) is 7.11 Å². The fourth-order valence-electron chi connectivity index (χ4n) is 4.93. The lowest BCUT2D eigenvalue weighted by molar-refractivity contribution is -0.123. The minimum atomic E-state index is -0.566. The number of rotatable bonds is 33. The molecule has 0 aliphatic carbocycles. The molecule has 47 heavy (non-hydrogen) atoms. The summed E-state index contributed by atoms with van der Waals surface area (Å²) in [5.41, 5.74) is 23.1. The summed E-state index contributed by atoms with van der Waals surface area (Å²) in [6.45, 7) is 6.47. The van der Waals surface area contributed by atoms with Crippen LogP contribution in [0, 0.1) is 0 Å². The van der Waals surface area contributed by atoms with Gasteiger partial charge in [0.1, 0.15) is 0 Å².